The van der Waals surface area contributed by atoms with E-state index < -0.39 is 0 Å². The fourth-order valence-electron chi connectivity index (χ4n) is 2.65. The highest BCUT2D eigenvalue weighted by atomic mass is 16.5. The van der Waals surface area contributed by atoms with Gasteiger partial charge in [0.15, 0.2) is 0 Å². The molecule has 0 atom stereocenters. The number of amides is 2. The molecule has 23 heavy (non-hydrogen) atoms. The zero-order valence-electron chi connectivity index (χ0n) is 12.9. The van der Waals surface area contributed by atoms with Crippen LogP contribution in [0.4, 0.5) is 0 Å². The molecule has 0 fully saturated rings. The highest BCUT2D eigenvalue weighted by Crippen LogP contribution is 2.21. The number of carbonyl (C=O) groups excluding carboxylic acids is 2. The Bertz CT molecular complexity index is 743. The lowest BCUT2D eigenvalue weighted by Crippen LogP contribution is -2.37. The molecule has 1 aliphatic rings. The number of fused-ring (bicyclic) bond motifs is 1. The summed E-state index contributed by atoms with van der Waals surface area (Å²) in [6.45, 7) is 0.962. The van der Waals surface area contributed by atoms with E-state index in [2.05, 4.69) is 5.32 Å². The highest BCUT2D eigenvalue weighted by molar-refractivity contribution is 6.00. The fourth-order valence-corrected chi connectivity index (χ4v) is 2.65. The van der Waals surface area contributed by atoms with Crippen LogP contribution < -0.4 is 10.1 Å². The molecule has 0 saturated carbocycles. The Morgan fingerprint density at radius 1 is 1.22 bits per heavy atom. The van der Waals surface area contributed by atoms with Crippen LogP contribution in [0.1, 0.15) is 21.5 Å². The zero-order chi connectivity index (χ0) is 16.2. The Morgan fingerprint density at radius 3 is 2.83 bits per heavy atom. The number of carbonyl (C=O) groups is 2. The van der Waals surface area contributed by atoms with Gasteiger partial charge >= 0.3 is 0 Å². The molecule has 2 aromatic carbocycles. The first-order chi connectivity index (χ1) is 11.2. The number of benzene rings is 2. The second-order valence-electron chi connectivity index (χ2n) is 5.45. The monoisotopic (exact) mass is 310 g/mol. The van der Waals surface area contributed by atoms with Gasteiger partial charge in [0, 0.05) is 18.7 Å². The summed E-state index contributed by atoms with van der Waals surface area (Å²) in [7, 11) is 1.61. The van der Waals surface area contributed by atoms with Crippen molar-refractivity contribution in [3.8, 4) is 5.75 Å². The number of nitrogens with zero attached hydrogens (tertiary/aromatic N) is 1. The van der Waals surface area contributed by atoms with Gasteiger partial charge in [0.2, 0.25) is 5.91 Å². The third-order valence-corrected chi connectivity index (χ3v) is 3.85. The number of ether oxygens (including phenoxy) is 1. The van der Waals surface area contributed by atoms with Crippen molar-refractivity contribution in [1.82, 2.24) is 10.2 Å². The molecule has 0 saturated heterocycles. The lowest BCUT2D eigenvalue weighted by atomic mass is 10.1. The lowest BCUT2D eigenvalue weighted by Gasteiger charge is -2.15. The molecule has 0 radical (unpaired) electrons. The average molecular weight is 310 g/mol. The van der Waals surface area contributed by atoms with Crippen molar-refractivity contribution in [1.29, 1.82) is 0 Å². The number of hydrogen-bond acceptors (Lipinski definition) is 3. The second kappa shape index (κ2) is 6.52. The summed E-state index contributed by atoms with van der Waals surface area (Å²) in [5, 5.41) is 2.84. The quantitative estimate of drug-likeness (QED) is 0.918. The predicted molar refractivity (Wildman–Crippen MR) is 86.0 cm³/mol. The van der Waals surface area contributed by atoms with E-state index in [1.807, 2.05) is 42.5 Å². The summed E-state index contributed by atoms with van der Waals surface area (Å²) in [6, 6.07) is 15.0. The first kappa shape index (κ1) is 15.1. The van der Waals surface area contributed by atoms with Gasteiger partial charge in [-0.3, -0.25) is 9.59 Å². The molecule has 0 bridgehead atoms. The largest absolute Gasteiger partial charge is 0.497 e. The Hall–Kier alpha value is -2.82. The molecule has 0 unspecified atom stereocenters. The molecule has 0 aromatic heterocycles. The van der Waals surface area contributed by atoms with Crippen LogP contribution in [-0.2, 0) is 17.9 Å². The molecule has 1 N–H and O–H groups in total. The highest BCUT2D eigenvalue weighted by Gasteiger charge is 2.27. The molecule has 118 valence electrons. The first-order valence-corrected chi connectivity index (χ1v) is 7.44. The lowest BCUT2D eigenvalue weighted by molar-refractivity contribution is -0.122. The predicted octanol–water partition coefficient (Wildman–Crippen LogP) is 1.97. The van der Waals surface area contributed by atoms with E-state index in [1.54, 1.807) is 18.1 Å². The van der Waals surface area contributed by atoms with Crippen LogP contribution in [0.3, 0.4) is 0 Å². The van der Waals surface area contributed by atoms with Crippen molar-refractivity contribution in [2.45, 2.75) is 13.1 Å². The van der Waals surface area contributed by atoms with Crippen LogP contribution in [0.2, 0.25) is 0 Å². The van der Waals surface area contributed by atoms with Crippen molar-refractivity contribution in [2.24, 2.45) is 0 Å². The van der Waals surface area contributed by atoms with Crippen molar-refractivity contribution in [2.75, 3.05) is 13.7 Å². The Kier molecular flexibility index (Phi) is 4.28. The normalized spacial score (nSPS) is 12.9. The molecule has 2 aromatic rings. The first-order valence-electron chi connectivity index (χ1n) is 7.44. The molecule has 1 aliphatic heterocycles. The van der Waals surface area contributed by atoms with Crippen LogP contribution >= 0.6 is 0 Å². The number of methoxy groups -OCH3 is 1. The number of nitrogens with one attached hydrogen (secondary N) is 1. The summed E-state index contributed by atoms with van der Waals surface area (Å²) >= 11 is 0. The van der Waals surface area contributed by atoms with Crippen molar-refractivity contribution >= 4 is 11.8 Å². The standard InChI is InChI=1S/C18H18N2O3/c1-23-15-7-4-5-13(9-15)10-19-17(21)12-20-11-14-6-2-3-8-16(14)18(20)22/h2-9H,10-12H2,1H3,(H,19,21). The maximum atomic E-state index is 12.2. The molecule has 0 aliphatic carbocycles. The Morgan fingerprint density at radius 2 is 2.04 bits per heavy atom. The number of rotatable bonds is 5. The van der Waals surface area contributed by atoms with Gasteiger partial charge in [0.05, 0.1) is 7.11 Å². The SMILES string of the molecule is COc1cccc(CNC(=O)CN2Cc3ccccc3C2=O)c1. The summed E-state index contributed by atoms with van der Waals surface area (Å²) in [5.41, 5.74) is 2.61. The van der Waals surface area contributed by atoms with Crippen LogP contribution in [-0.4, -0.2) is 30.4 Å². The van der Waals surface area contributed by atoms with Crippen molar-refractivity contribution in [3.05, 3.63) is 65.2 Å². The van der Waals surface area contributed by atoms with Crippen LogP contribution in [0.5, 0.6) is 5.75 Å². The van der Waals surface area contributed by atoms with Gasteiger partial charge in [0.25, 0.3) is 5.91 Å². The van der Waals surface area contributed by atoms with Gasteiger partial charge in [-0.05, 0) is 29.3 Å². The Labute approximate surface area is 134 Å². The van der Waals surface area contributed by atoms with Gasteiger partial charge in [-0.25, -0.2) is 0 Å². The van der Waals surface area contributed by atoms with Gasteiger partial charge in [-0.15, -0.1) is 0 Å². The van der Waals surface area contributed by atoms with Gasteiger partial charge in [0.1, 0.15) is 12.3 Å². The molecule has 5 nitrogen and oxygen atoms in total. The third-order valence-electron chi connectivity index (χ3n) is 3.85. The van der Waals surface area contributed by atoms with E-state index in [0.29, 0.717) is 18.7 Å². The van der Waals surface area contributed by atoms with Crippen molar-refractivity contribution < 1.29 is 14.3 Å². The minimum atomic E-state index is -0.172. The van der Waals surface area contributed by atoms with Crippen LogP contribution in [0.25, 0.3) is 0 Å². The smallest absolute Gasteiger partial charge is 0.254 e. The fraction of sp³-hybridized carbons (Fsp3) is 0.222. The maximum Gasteiger partial charge on any atom is 0.254 e. The summed E-state index contributed by atoms with van der Waals surface area (Å²) < 4.78 is 5.15. The van der Waals surface area contributed by atoms with E-state index >= 15 is 0 Å². The topological polar surface area (TPSA) is 58.6 Å². The van der Waals surface area contributed by atoms with E-state index in [0.717, 1.165) is 16.9 Å². The number of hydrogen-bond donors (Lipinski definition) is 1. The maximum absolute atomic E-state index is 12.2. The molecule has 1 heterocycles. The summed E-state index contributed by atoms with van der Waals surface area (Å²) in [6.07, 6.45) is 0. The minimum absolute atomic E-state index is 0.0669. The van der Waals surface area contributed by atoms with Gasteiger partial charge < -0.3 is 15.0 Å². The molecule has 3 rings (SSSR count). The van der Waals surface area contributed by atoms with Gasteiger partial charge in [-0.2, -0.15) is 0 Å². The summed E-state index contributed by atoms with van der Waals surface area (Å²) in [5.74, 6) is 0.494. The third kappa shape index (κ3) is 3.34. The Balaban J connectivity index is 1.55. The molecular weight excluding hydrogens is 292 g/mol. The van der Waals surface area contributed by atoms with E-state index in [9.17, 15) is 9.59 Å². The van der Waals surface area contributed by atoms with Gasteiger partial charge in [-0.1, -0.05) is 30.3 Å². The average Bonchev–Trinajstić information content (AvgIpc) is 2.89. The van der Waals surface area contributed by atoms with Crippen molar-refractivity contribution in [3.63, 3.8) is 0 Å². The van der Waals surface area contributed by atoms with E-state index in [1.165, 1.54) is 0 Å². The molecule has 2 amide bonds. The molecule has 0 spiro atoms. The minimum Gasteiger partial charge on any atom is -0.497 e. The van der Waals surface area contributed by atoms with Crippen LogP contribution in [0.15, 0.2) is 48.5 Å². The zero-order valence-corrected chi connectivity index (χ0v) is 12.9. The molecule has 5 heteroatoms. The second-order valence-corrected chi connectivity index (χ2v) is 5.45. The van der Waals surface area contributed by atoms with E-state index in [4.69, 9.17) is 4.74 Å². The summed E-state index contributed by atoms with van der Waals surface area (Å²) in [4.78, 5) is 25.9. The molecular formula is C18H18N2O3. The van der Waals surface area contributed by atoms with E-state index in [-0.39, 0.29) is 18.4 Å². The van der Waals surface area contributed by atoms with Crippen LogP contribution in [0, 0.1) is 0 Å².